The zero-order valence-corrected chi connectivity index (χ0v) is 14.5. The Morgan fingerprint density at radius 2 is 2.00 bits per heavy atom. The van der Waals surface area contributed by atoms with Gasteiger partial charge in [-0.05, 0) is 36.4 Å². The zero-order chi connectivity index (χ0) is 17.0. The third-order valence-electron chi connectivity index (χ3n) is 5.12. The molecule has 4 heteroatoms. The van der Waals surface area contributed by atoms with Crippen molar-refractivity contribution in [3.8, 4) is 0 Å². The molecule has 0 aromatic heterocycles. The third kappa shape index (κ3) is 3.93. The fraction of sp³-hybridized carbons (Fsp3) is 0.632. The van der Waals surface area contributed by atoms with Gasteiger partial charge in [0.1, 0.15) is 0 Å². The molecule has 2 rings (SSSR count). The number of aliphatic hydroxyl groups is 1. The summed E-state index contributed by atoms with van der Waals surface area (Å²) in [4.78, 5) is 13.8. The molecule has 1 heterocycles. The van der Waals surface area contributed by atoms with Gasteiger partial charge in [0.25, 0.3) is 0 Å². The van der Waals surface area contributed by atoms with Gasteiger partial charge in [0, 0.05) is 13.1 Å². The predicted molar refractivity (Wildman–Crippen MR) is 91.4 cm³/mol. The van der Waals surface area contributed by atoms with Crippen LogP contribution in [-0.4, -0.2) is 40.3 Å². The number of piperidine rings is 1. The highest BCUT2D eigenvalue weighted by Crippen LogP contribution is 2.37. The lowest BCUT2D eigenvalue weighted by Crippen LogP contribution is -2.54. The molecule has 0 bridgehead atoms. The molecule has 4 nitrogen and oxygen atoms in total. The topological polar surface area (TPSA) is 60.8 Å². The molecule has 128 valence electrons. The highest BCUT2D eigenvalue weighted by Gasteiger charge is 2.47. The van der Waals surface area contributed by atoms with E-state index in [0.29, 0.717) is 25.3 Å². The first-order valence-corrected chi connectivity index (χ1v) is 8.61. The van der Waals surface area contributed by atoms with E-state index in [1.54, 1.807) is 0 Å². The quantitative estimate of drug-likeness (QED) is 0.845. The van der Waals surface area contributed by atoms with Gasteiger partial charge in [-0.15, -0.1) is 0 Å². The number of aliphatic carboxylic acids is 1. The number of β-amino-alcohol motifs (C(OH)–C–C–N with tert-alkyl or cyclic N) is 1. The summed E-state index contributed by atoms with van der Waals surface area (Å²) < 4.78 is 0. The zero-order valence-electron chi connectivity index (χ0n) is 14.5. The third-order valence-corrected chi connectivity index (χ3v) is 5.12. The molecular formula is C19H29NO3. The smallest absolute Gasteiger partial charge is 0.312 e. The van der Waals surface area contributed by atoms with E-state index in [0.717, 1.165) is 19.5 Å². The van der Waals surface area contributed by atoms with Crippen LogP contribution < -0.4 is 0 Å². The molecule has 1 aliphatic rings. The normalized spacial score (nSPS) is 25.7. The number of aliphatic hydroxyl groups excluding tert-OH is 1. The Bertz CT molecular complexity index is 526. The van der Waals surface area contributed by atoms with Crippen LogP contribution in [0.5, 0.6) is 0 Å². The lowest BCUT2D eigenvalue weighted by molar-refractivity contribution is -0.164. The molecule has 0 radical (unpaired) electrons. The largest absolute Gasteiger partial charge is 0.481 e. The van der Waals surface area contributed by atoms with Crippen LogP contribution in [0.4, 0.5) is 0 Å². The Balaban J connectivity index is 2.01. The number of hydrogen-bond acceptors (Lipinski definition) is 3. The number of likely N-dealkylation sites (tertiary alicyclic amines) is 1. The average Bonchev–Trinajstić information content (AvgIpc) is 2.50. The molecule has 2 N–H and O–H groups in total. The minimum atomic E-state index is -0.966. The van der Waals surface area contributed by atoms with Crippen molar-refractivity contribution in [1.29, 1.82) is 0 Å². The Labute approximate surface area is 139 Å². The molecular weight excluding hydrogens is 290 g/mol. The van der Waals surface area contributed by atoms with Crippen molar-refractivity contribution in [3.63, 3.8) is 0 Å². The van der Waals surface area contributed by atoms with Gasteiger partial charge in [-0.3, -0.25) is 9.69 Å². The van der Waals surface area contributed by atoms with Crippen molar-refractivity contribution in [2.75, 3.05) is 13.1 Å². The molecule has 0 spiro atoms. The SMILES string of the molecule is CCC[C@]1(C(=O)O)CCN(Cc2ccc(C(C)C)cc2)C[C@@H]1O. The second-order valence-corrected chi connectivity index (χ2v) is 7.11. The molecule has 1 aliphatic heterocycles. The minimum absolute atomic E-state index is 0.429. The molecule has 1 aromatic rings. The van der Waals surface area contributed by atoms with Crippen LogP contribution in [0.3, 0.4) is 0 Å². The first-order valence-electron chi connectivity index (χ1n) is 8.61. The average molecular weight is 319 g/mol. The summed E-state index contributed by atoms with van der Waals surface area (Å²) >= 11 is 0. The van der Waals surface area contributed by atoms with E-state index in [1.165, 1.54) is 11.1 Å². The first-order chi connectivity index (χ1) is 10.9. The second-order valence-electron chi connectivity index (χ2n) is 7.11. The number of carboxylic acid groups (broad SMARTS) is 1. The lowest BCUT2D eigenvalue weighted by atomic mass is 9.73. The number of carboxylic acids is 1. The van der Waals surface area contributed by atoms with Gasteiger partial charge in [0.15, 0.2) is 0 Å². The standard InChI is InChI=1S/C19H29NO3/c1-4-9-19(18(22)23)10-11-20(13-17(19)21)12-15-5-7-16(8-6-15)14(2)3/h5-8,14,17,21H,4,9-13H2,1-3H3,(H,22,23)/t17-,19-/m0/s1. The first kappa shape index (κ1) is 18.0. The van der Waals surface area contributed by atoms with Crippen molar-refractivity contribution in [3.05, 3.63) is 35.4 Å². The summed E-state index contributed by atoms with van der Waals surface area (Å²) in [5.74, 6) is -0.334. The summed E-state index contributed by atoms with van der Waals surface area (Å²) in [6, 6.07) is 8.57. The number of hydrogen-bond donors (Lipinski definition) is 2. The highest BCUT2D eigenvalue weighted by molar-refractivity contribution is 5.75. The van der Waals surface area contributed by atoms with Crippen LogP contribution in [0.2, 0.25) is 0 Å². The molecule has 1 fully saturated rings. The molecule has 0 unspecified atom stereocenters. The van der Waals surface area contributed by atoms with E-state index in [-0.39, 0.29) is 0 Å². The molecule has 2 atom stereocenters. The summed E-state index contributed by atoms with van der Waals surface area (Å²) in [5, 5.41) is 20.0. The second kappa shape index (κ2) is 7.45. The van der Waals surface area contributed by atoms with Gasteiger partial charge in [0.2, 0.25) is 0 Å². The van der Waals surface area contributed by atoms with Crippen molar-refractivity contribution < 1.29 is 15.0 Å². The number of benzene rings is 1. The van der Waals surface area contributed by atoms with E-state index in [2.05, 4.69) is 43.0 Å². The van der Waals surface area contributed by atoms with Gasteiger partial charge in [-0.2, -0.15) is 0 Å². The maximum atomic E-state index is 11.7. The molecule has 0 amide bonds. The van der Waals surface area contributed by atoms with Crippen LogP contribution in [-0.2, 0) is 11.3 Å². The Morgan fingerprint density at radius 1 is 1.35 bits per heavy atom. The van der Waals surface area contributed by atoms with Crippen molar-refractivity contribution in [1.82, 2.24) is 4.90 Å². The van der Waals surface area contributed by atoms with Gasteiger partial charge in [-0.1, -0.05) is 51.5 Å². The van der Waals surface area contributed by atoms with Crippen molar-refractivity contribution in [2.45, 2.75) is 58.6 Å². The summed E-state index contributed by atoms with van der Waals surface area (Å²) in [7, 11) is 0. The van der Waals surface area contributed by atoms with E-state index in [9.17, 15) is 15.0 Å². The van der Waals surface area contributed by atoms with Crippen molar-refractivity contribution >= 4 is 5.97 Å². The van der Waals surface area contributed by atoms with Crippen LogP contribution in [0.15, 0.2) is 24.3 Å². The van der Waals surface area contributed by atoms with Gasteiger partial charge >= 0.3 is 5.97 Å². The van der Waals surface area contributed by atoms with Gasteiger partial charge < -0.3 is 10.2 Å². The van der Waals surface area contributed by atoms with E-state index >= 15 is 0 Å². The summed E-state index contributed by atoms with van der Waals surface area (Å²) in [5.41, 5.74) is 1.56. The Hall–Kier alpha value is -1.39. The van der Waals surface area contributed by atoms with Crippen LogP contribution >= 0.6 is 0 Å². The molecule has 0 saturated carbocycles. The summed E-state index contributed by atoms with van der Waals surface area (Å²) in [6.45, 7) is 8.23. The number of rotatable bonds is 6. The maximum absolute atomic E-state index is 11.7. The number of nitrogens with zero attached hydrogens (tertiary/aromatic N) is 1. The molecule has 0 aliphatic carbocycles. The van der Waals surface area contributed by atoms with Gasteiger partial charge in [0.05, 0.1) is 11.5 Å². The lowest BCUT2D eigenvalue weighted by Gasteiger charge is -2.42. The predicted octanol–water partition coefficient (Wildman–Crippen LogP) is 3.25. The Kier molecular flexibility index (Phi) is 5.82. The van der Waals surface area contributed by atoms with Crippen LogP contribution in [0.25, 0.3) is 0 Å². The van der Waals surface area contributed by atoms with Gasteiger partial charge in [-0.25, -0.2) is 0 Å². The fourth-order valence-electron chi connectivity index (χ4n) is 3.54. The van der Waals surface area contributed by atoms with Crippen molar-refractivity contribution in [2.24, 2.45) is 5.41 Å². The minimum Gasteiger partial charge on any atom is -0.481 e. The van der Waals surface area contributed by atoms with E-state index in [1.807, 2.05) is 6.92 Å². The number of carbonyl (C=O) groups is 1. The maximum Gasteiger partial charge on any atom is 0.312 e. The summed E-state index contributed by atoms with van der Waals surface area (Å²) in [6.07, 6.45) is 1.03. The van der Waals surface area contributed by atoms with Crippen LogP contribution in [0, 0.1) is 5.41 Å². The monoisotopic (exact) mass is 319 g/mol. The molecule has 23 heavy (non-hydrogen) atoms. The van der Waals surface area contributed by atoms with Crippen LogP contribution in [0.1, 0.15) is 57.1 Å². The molecule has 1 saturated heterocycles. The molecule has 1 aromatic carbocycles. The van der Waals surface area contributed by atoms with E-state index in [4.69, 9.17) is 0 Å². The fourth-order valence-corrected chi connectivity index (χ4v) is 3.54. The highest BCUT2D eigenvalue weighted by atomic mass is 16.4. The Morgan fingerprint density at radius 3 is 2.48 bits per heavy atom. The van der Waals surface area contributed by atoms with E-state index < -0.39 is 17.5 Å².